The lowest BCUT2D eigenvalue weighted by Gasteiger charge is -2.21. The first-order valence-electron chi connectivity index (χ1n) is 12.3. The third-order valence-electron chi connectivity index (χ3n) is 6.28. The fourth-order valence-electron chi connectivity index (χ4n) is 4.54. The van der Waals surface area contributed by atoms with E-state index in [0.717, 1.165) is 36.8 Å². The van der Waals surface area contributed by atoms with Gasteiger partial charge in [-0.05, 0) is 36.5 Å². The first-order chi connectivity index (χ1) is 17.9. The largest absolute Gasteiger partial charge is 0.496 e. The monoisotopic (exact) mass is 531 g/mol. The summed E-state index contributed by atoms with van der Waals surface area (Å²) in [5, 5.41) is 11.6. The molecule has 3 aromatic rings. The Morgan fingerprint density at radius 2 is 2.03 bits per heavy atom. The van der Waals surface area contributed by atoms with Crippen LogP contribution < -0.4 is 14.8 Å². The summed E-state index contributed by atoms with van der Waals surface area (Å²) in [6, 6.07) is 3.59. The van der Waals surface area contributed by atoms with E-state index in [1.807, 2.05) is 12.3 Å². The van der Waals surface area contributed by atoms with Gasteiger partial charge in [-0.3, -0.25) is 14.2 Å². The lowest BCUT2D eigenvalue weighted by molar-refractivity contribution is -0.116. The van der Waals surface area contributed by atoms with Crippen LogP contribution in [-0.4, -0.2) is 55.8 Å². The van der Waals surface area contributed by atoms with Gasteiger partial charge < -0.3 is 19.3 Å². The van der Waals surface area contributed by atoms with Crippen molar-refractivity contribution in [2.24, 2.45) is 5.92 Å². The second-order valence-electron chi connectivity index (χ2n) is 9.21. The van der Waals surface area contributed by atoms with Gasteiger partial charge in [-0.15, -0.1) is 0 Å². The second kappa shape index (κ2) is 12.2. The van der Waals surface area contributed by atoms with Crippen LogP contribution in [-0.2, 0) is 32.6 Å². The topological polar surface area (TPSA) is 138 Å². The molecule has 0 saturated heterocycles. The van der Waals surface area contributed by atoms with E-state index in [1.165, 1.54) is 19.6 Å². The number of aromatic nitrogens is 3. The smallest absolute Gasteiger partial charge is 0.244 e. The molecule has 1 amide bonds. The SMILES string of the molecule is COC/C=C/C(=O)NCc1cnn(Cc2cc(OC)c3c(NS(=O)(=O)CC4CCCCC4)noc3c2)c1. The molecule has 200 valence electrons. The van der Waals surface area contributed by atoms with Crippen molar-refractivity contribution in [3.05, 3.63) is 47.8 Å². The van der Waals surface area contributed by atoms with Crippen LogP contribution in [0.5, 0.6) is 5.75 Å². The molecule has 0 spiro atoms. The molecule has 2 heterocycles. The number of amides is 1. The highest BCUT2D eigenvalue weighted by molar-refractivity contribution is 7.92. The minimum atomic E-state index is -3.58. The van der Waals surface area contributed by atoms with Crippen LogP contribution in [0.2, 0.25) is 0 Å². The van der Waals surface area contributed by atoms with E-state index in [-0.39, 0.29) is 23.4 Å². The summed E-state index contributed by atoms with van der Waals surface area (Å²) in [7, 11) is -0.501. The average Bonchev–Trinajstić information content (AvgIpc) is 3.49. The Labute approximate surface area is 216 Å². The number of benzene rings is 1. The molecule has 1 fully saturated rings. The summed E-state index contributed by atoms with van der Waals surface area (Å²) in [6.45, 7) is 1.13. The Morgan fingerprint density at radius 3 is 2.78 bits per heavy atom. The first-order valence-corrected chi connectivity index (χ1v) is 13.9. The van der Waals surface area contributed by atoms with E-state index in [2.05, 4.69) is 20.3 Å². The molecule has 1 aliphatic carbocycles. The van der Waals surface area contributed by atoms with Crippen LogP contribution >= 0.6 is 0 Å². The molecule has 1 aromatic carbocycles. The maximum atomic E-state index is 12.8. The Kier molecular flexibility index (Phi) is 8.82. The Hall–Kier alpha value is -3.38. The van der Waals surface area contributed by atoms with Gasteiger partial charge in [0.1, 0.15) is 11.1 Å². The van der Waals surface area contributed by atoms with E-state index in [0.29, 0.717) is 36.4 Å². The minimum Gasteiger partial charge on any atom is -0.496 e. The molecule has 2 N–H and O–H groups in total. The Morgan fingerprint density at radius 1 is 1.22 bits per heavy atom. The summed E-state index contributed by atoms with van der Waals surface area (Å²) < 4.78 is 45.8. The number of ether oxygens (including phenoxy) is 2. The summed E-state index contributed by atoms with van der Waals surface area (Å²) in [5.41, 5.74) is 2.08. The van der Waals surface area contributed by atoms with Gasteiger partial charge in [0.05, 0.1) is 32.2 Å². The molecule has 0 aliphatic heterocycles. The van der Waals surface area contributed by atoms with Crippen LogP contribution in [0.1, 0.15) is 43.2 Å². The zero-order valence-electron chi connectivity index (χ0n) is 21.1. The van der Waals surface area contributed by atoms with Crippen molar-refractivity contribution in [3.8, 4) is 5.75 Å². The highest BCUT2D eigenvalue weighted by Crippen LogP contribution is 2.35. The highest BCUT2D eigenvalue weighted by Gasteiger charge is 2.24. The van der Waals surface area contributed by atoms with Crippen molar-refractivity contribution in [2.45, 2.75) is 45.2 Å². The number of nitrogens with one attached hydrogen (secondary N) is 2. The molecular weight excluding hydrogens is 498 g/mol. The number of hydrogen-bond acceptors (Lipinski definition) is 8. The molecule has 0 unspecified atom stereocenters. The van der Waals surface area contributed by atoms with Gasteiger partial charge in [0, 0.05) is 31.5 Å². The molecule has 4 rings (SSSR count). The number of methoxy groups -OCH3 is 2. The van der Waals surface area contributed by atoms with Gasteiger partial charge in [-0.1, -0.05) is 30.5 Å². The summed E-state index contributed by atoms with van der Waals surface area (Å²) in [4.78, 5) is 11.8. The van der Waals surface area contributed by atoms with Gasteiger partial charge in [-0.25, -0.2) is 8.42 Å². The third-order valence-corrected chi connectivity index (χ3v) is 7.69. The van der Waals surface area contributed by atoms with Gasteiger partial charge in [-0.2, -0.15) is 5.10 Å². The molecule has 2 aromatic heterocycles. The van der Waals surface area contributed by atoms with Crippen LogP contribution in [0.3, 0.4) is 0 Å². The van der Waals surface area contributed by atoms with Crippen molar-refractivity contribution < 1.29 is 27.2 Å². The van der Waals surface area contributed by atoms with Crippen LogP contribution in [0.25, 0.3) is 11.0 Å². The number of carbonyl (C=O) groups is 1. The van der Waals surface area contributed by atoms with Crippen molar-refractivity contribution >= 4 is 32.7 Å². The molecule has 1 aliphatic rings. The molecule has 0 radical (unpaired) electrons. The molecule has 12 heteroatoms. The van der Waals surface area contributed by atoms with E-state index in [9.17, 15) is 13.2 Å². The minimum absolute atomic E-state index is 0.0767. The zero-order chi connectivity index (χ0) is 26.3. The summed E-state index contributed by atoms with van der Waals surface area (Å²) >= 11 is 0. The number of hydrogen-bond donors (Lipinski definition) is 2. The maximum Gasteiger partial charge on any atom is 0.244 e. The molecule has 1 saturated carbocycles. The Balaban J connectivity index is 1.43. The van der Waals surface area contributed by atoms with Crippen LogP contribution in [0, 0.1) is 5.92 Å². The zero-order valence-corrected chi connectivity index (χ0v) is 21.9. The fraction of sp³-hybridized carbons (Fsp3) is 0.480. The predicted octanol–water partition coefficient (Wildman–Crippen LogP) is 3.22. The fourth-order valence-corrected chi connectivity index (χ4v) is 6.01. The number of nitrogens with zero attached hydrogens (tertiary/aromatic N) is 3. The molecular formula is C25H33N5O6S. The standard InChI is InChI=1S/C25H33N5O6S/c1-34-10-6-9-23(31)26-13-20-14-27-30(16-20)15-19-11-21(35-2)24-22(12-19)36-28-25(24)29-37(32,33)17-18-7-4-3-5-8-18/h6,9,11-12,14,16,18H,3-5,7-8,10,13,15,17H2,1-2H3,(H,26,31)(H,28,29)/b9-6+. The van der Waals surface area contributed by atoms with Crippen molar-refractivity contribution in [3.63, 3.8) is 0 Å². The van der Waals surface area contributed by atoms with Gasteiger partial charge in [0.25, 0.3) is 0 Å². The average molecular weight is 532 g/mol. The predicted molar refractivity (Wildman–Crippen MR) is 139 cm³/mol. The van der Waals surface area contributed by atoms with Gasteiger partial charge in [0.15, 0.2) is 11.4 Å². The molecule has 37 heavy (non-hydrogen) atoms. The lowest BCUT2D eigenvalue weighted by atomic mass is 9.91. The first kappa shape index (κ1) is 26.7. The number of carbonyl (C=O) groups excluding carboxylic acids is 1. The Bertz CT molecular complexity index is 1340. The quantitative estimate of drug-likeness (QED) is 0.340. The van der Waals surface area contributed by atoms with E-state index in [1.54, 1.807) is 30.1 Å². The van der Waals surface area contributed by atoms with Gasteiger partial charge in [0.2, 0.25) is 15.9 Å². The second-order valence-corrected chi connectivity index (χ2v) is 11.0. The van der Waals surface area contributed by atoms with Gasteiger partial charge >= 0.3 is 0 Å². The van der Waals surface area contributed by atoms with Crippen LogP contribution in [0.15, 0.2) is 41.2 Å². The highest BCUT2D eigenvalue weighted by atomic mass is 32.2. The van der Waals surface area contributed by atoms with E-state index in [4.69, 9.17) is 14.0 Å². The van der Waals surface area contributed by atoms with E-state index < -0.39 is 10.0 Å². The maximum absolute atomic E-state index is 12.8. The van der Waals surface area contributed by atoms with Crippen LogP contribution in [0.4, 0.5) is 5.82 Å². The number of sulfonamides is 1. The molecule has 0 bridgehead atoms. The lowest BCUT2D eigenvalue weighted by Crippen LogP contribution is -2.24. The number of rotatable bonds is 12. The summed E-state index contributed by atoms with van der Waals surface area (Å²) in [5.74, 6) is 0.609. The summed E-state index contributed by atoms with van der Waals surface area (Å²) in [6.07, 6.45) is 11.8. The molecule has 0 atom stereocenters. The molecule has 11 nitrogen and oxygen atoms in total. The third kappa shape index (κ3) is 7.32. The van der Waals surface area contributed by atoms with E-state index >= 15 is 0 Å². The van der Waals surface area contributed by atoms with Crippen molar-refractivity contribution in [1.29, 1.82) is 0 Å². The van der Waals surface area contributed by atoms with Crippen molar-refractivity contribution in [1.82, 2.24) is 20.3 Å². The van der Waals surface area contributed by atoms with Crippen molar-refractivity contribution in [2.75, 3.05) is 31.3 Å². The normalized spacial score (nSPS) is 14.9. The number of anilines is 1. The number of fused-ring (bicyclic) bond motifs is 1.